The van der Waals surface area contributed by atoms with Crippen molar-refractivity contribution in [2.75, 3.05) is 17.1 Å². The largest absolute Gasteiger partial charge is 0.352 e. The Morgan fingerprint density at radius 3 is 2.26 bits per heavy atom. The molecule has 1 fully saturated rings. The highest BCUT2D eigenvalue weighted by atomic mass is 32.2. The molecule has 1 N–H and O–H groups in total. The topological polar surface area (TPSA) is 86.8 Å². The van der Waals surface area contributed by atoms with Crippen molar-refractivity contribution in [2.45, 2.75) is 70.5 Å². The van der Waals surface area contributed by atoms with Crippen molar-refractivity contribution in [3.05, 3.63) is 65.5 Å². The summed E-state index contributed by atoms with van der Waals surface area (Å²) in [6, 6.07) is 7.65. The predicted octanol–water partition coefficient (Wildman–Crippen LogP) is 4.52. The summed E-state index contributed by atoms with van der Waals surface area (Å²) in [6.45, 7) is 1.55. The van der Waals surface area contributed by atoms with Crippen LogP contribution in [0.3, 0.4) is 0 Å². The van der Waals surface area contributed by atoms with E-state index in [9.17, 15) is 31.2 Å². The van der Waals surface area contributed by atoms with E-state index in [2.05, 4.69) is 5.32 Å². The van der Waals surface area contributed by atoms with Gasteiger partial charge in [0.2, 0.25) is 21.8 Å². The fraction of sp³-hybridized carbons (Fsp3) is 0.481. The molecule has 1 atom stereocenters. The summed E-state index contributed by atoms with van der Waals surface area (Å²) in [7, 11) is -3.84. The molecule has 7 nitrogen and oxygen atoms in total. The Hall–Kier alpha value is -3.08. The number of carbonyl (C=O) groups is 2. The zero-order valence-corrected chi connectivity index (χ0v) is 22.4. The summed E-state index contributed by atoms with van der Waals surface area (Å²) < 4.78 is 66.0. The van der Waals surface area contributed by atoms with Crippen molar-refractivity contribution in [3.8, 4) is 0 Å². The van der Waals surface area contributed by atoms with Gasteiger partial charge in [0.25, 0.3) is 0 Å². The molecule has 0 aromatic heterocycles. The van der Waals surface area contributed by atoms with Gasteiger partial charge in [-0.05, 0) is 56.0 Å². The lowest BCUT2D eigenvalue weighted by atomic mass is 9.95. The zero-order chi connectivity index (χ0) is 27.9. The molecule has 2 aromatic rings. The number of hydrogen-bond acceptors (Lipinski definition) is 4. The van der Waals surface area contributed by atoms with Crippen LogP contribution in [0.15, 0.2) is 42.5 Å². The summed E-state index contributed by atoms with van der Waals surface area (Å²) in [5.41, 5.74) is 0.582. The van der Waals surface area contributed by atoms with Gasteiger partial charge >= 0.3 is 0 Å². The number of nitrogens with one attached hydrogen (secondary N) is 1. The molecule has 0 saturated heterocycles. The molecule has 2 aromatic carbocycles. The molecule has 0 heterocycles. The number of carbonyl (C=O) groups excluding carboxylic acids is 2. The zero-order valence-electron chi connectivity index (χ0n) is 21.6. The maximum atomic E-state index is 13.7. The number of benzene rings is 2. The highest BCUT2D eigenvalue weighted by molar-refractivity contribution is 7.92. The molecule has 38 heavy (non-hydrogen) atoms. The van der Waals surface area contributed by atoms with Gasteiger partial charge in [0.05, 0.1) is 11.9 Å². The van der Waals surface area contributed by atoms with E-state index in [0.29, 0.717) is 5.56 Å². The van der Waals surface area contributed by atoms with Crippen LogP contribution < -0.4 is 9.62 Å². The molecule has 1 saturated carbocycles. The van der Waals surface area contributed by atoms with Crippen molar-refractivity contribution in [3.63, 3.8) is 0 Å². The minimum atomic E-state index is -3.84. The van der Waals surface area contributed by atoms with Crippen LogP contribution in [-0.2, 0) is 26.2 Å². The lowest BCUT2D eigenvalue weighted by Gasteiger charge is -2.31. The second-order valence-electron chi connectivity index (χ2n) is 9.70. The van der Waals surface area contributed by atoms with E-state index in [-0.39, 0.29) is 49.5 Å². The minimum absolute atomic E-state index is 0.0535. The summed E-state index contributed by atoms with van der Waals surface area (Å²) in [4.78, 5) is 27.8. The highest BCUT2D eigenvalue weighted by Gasteiger charge is 2.28. The van der Waals surface area contributed by atoms with Gasteiger partial charge in [-0.1, -0.05) is 31.4 Å². The third-order valence-electron chi connectivity index (χ3n) is 6.73. The molecule has 3 rings (SSSR count). The number of sulfonamides is 1. The van der Waals surface area contributed by atoms with Crippen molar-refractivity contribution in [1.29, 1.82) is 0 Å². The van der Waals surface area contributed by atoms with Gasteiger partial charge in [0.1, 0.15) is 11.9 Å². The third-order valence-corrected chi connectivity index (χ3v) is 7.92. The van der Waals surface area contributed by atoms with Crippen molar-refractivity contribution < 1.29 is 31.2 Å². The van der Waals surface area contributed by atoms with Crippen LogP contribution in [0.1, 0.15) is 57.4 Å². The van der Waals surface area contributed by atoms with Gasteiger partial charge in [-0.2, -0.15) is 0 Å². The van der Waals surface area contributed by atoms with Crippen LogP contribution in [-0.4, -0.2) is 50.0 Å². The molecule has 11 heteroatoms. The van der Waals surface area contributed by atoms with E-state index in [0.717, 1.165) is 60.9 Å². The number of nitrogens with zero attached hydrogens (tertiary/aromatic N) is 2. The molecule has 208 valence electrons. The quantitative estimate of drug-likeness (QED) is 0.444. The summed E-state index contributed by atoms with van der Waals surface area (Å²) >= 11 is 0. The lowest BCUT2D eigenvalue weighted by molar-refractivity contribution is -0.141. The molecule has 2 amide bonds. The first-order valence-corrected chi connectivity index (χ1v) is 14.6. The van der Waals surface area contributed by atoms with Gasteiger partial charge in [0.15, 0.2) is 11.6 Å². The van der Waals surface area contributed by atoms with Crippen LogP contribution in [0.5, 0.6) is 0 Å². The van der Waals surface area contributed by atoms with Gasteiger partial charge in [-0.25, -0.2) is 21.6 Å². The monoisotopic (exact) mass is 553 g/mol. The molecule has 0 spiro atoms. The molecular weight excluding hydrogens is 519 g/mol. The number of anilines is 1. The Labute approximate surface area is 222 Å². The van der Waals surface area contributed by atoms with E-state index >= 15 is 0 Å². The van der Waals surface area contributed by atoms with Crippen molar-refractivity contribution in [2.24, 2.45) is 0 Å². The van der Waals surface area contributed by atoms with E-state index < -0.39 is 33.5 Å². The van der Waals surface area contributed by atoms with Gasteiger partial charge in [-0.3, -0.25) is 13.9 Å². The summed E-state index contributed by atoms with van der Waals surface area (Å²) in [5, 5.41) is 3.03. The van der Waals surface area contributed by atoms with Crippen LogP contribution in [0.4, 0.5) is 18.9 Å². The lowest BCUT2D eigenvalue weighted by Crippen LogP contribution is -2.50. The predicted molar refractivity (Wildman–Crippen MR) is 139 cm³/mol. The second kappa shape index (κ2) is 13.1. The maximum absolute atomic E-state index is 13.7. The molecule has 1 aliphatic carbocycles. The fourth-order valence-corrected chi connectivity index (χ4v) is 5.54. The first-order chi connectivity index (χ1) is 18.0. The van der Waals surface area contributed by atoms with Crippen LogP contribution in [0, 0.1) is 17.5 Å². The average Bonchev–Trinajstić information content (AvgIpc) is 2.87. The molecule has 0 bridgehead atoms. The van der Waals surface area contributed by atoms with E-state index in [1.54, 1.807) is 6.92 Å². The van der Waals surface area contributed by atoms with Crippen LogP contribution in [0.25, 0.3) is 0 Å². The maximum Gasteiger partial charge on any atom is 0.242 e. The molecule has 1 unspecified atom stereocenters. The second-order valence-corrected chi connectivity index (χ2v) is 11.6. The van der Waals surface area contributed by atoms with Gasteiger partial charge in [0, 0.05) is 31.6 Å². The molecule has 1 aliphatic rings. The van der Waals surface area contributed by atoms with E-state index in [1.165, 1.54) is 29.2 Å². The Bertz CT molecular complexity index is 1220. The van der Waals surface area contributed by atoms with Crippen LogP contribution in [0.2, 0.25) is 0 Å². The Morgan fingerprint density at radius 1 is 1.00 bits per heavy atom. The minimum Gasteiger partial charge on any atom is -0.352 e. The van der Waals surface area contributed by atoms with Gasteiger partial charge < -0.3 is 10.2 Å². The molecule has 0 radical (unpaired) electrons. The SMILES string of the molecule is CC(C(=O)NC1CCCCC1)N(Cc1ccc(F)cc1)C(=O)CCCN(c1ccc(F)c(F)c1)S(C)(=O)=O. The summed E-state index contributed by atoms with van der Waals surface area (Å²) in [6.07, 6.45) is 5.88. The third kappa shape index (κ3) is 8.21. The van der Waals surface area contributed by atoms with E-state index in [4.69, 9.17) is 0 Å². The Morgan fingerprint density at radius 2 is 1.66 bits per heavy atom. The molecular formula is C27H34F3N3O4S. The van der Waals surface area contributed by atoms with Crippen LogP contribution >= 0.6 is 0 Å². The van der Waals surface area contributed by atoms with Crippen molar-refractivity contribution in [1.82, 2.24) is 10.2 Å². The number of rotatable bonds is 11. The van der Waals surface area contributed by atoms with Gasteiger partial charge in [-0.15, -0.1) is 0 Å². The van der Waals surface area contributed by atoms with Crippen molar-refractivity contribution >= 4 is 27.5 Å². The Balaban J connectivity index is 1.72. The normalized spacial score (nSPS) is 15.1. The number of amides is 2. The smallest absolute Gasteiger partial charge is 0.242 e. The first-order valence-electron chi connectivity index (χ1n) is 12.7. The highest BCUT2D eigenvalue weighted by Crippen LogP contribution is 2.22. The fourth-order valence-electron chi connectivity index (χ4n) is 4.58. The van der Waals surface area contributed by atoms with E-state index in [1.807, 2.05) is 0 Å². The summed E-state index contributed by atoms with van der Waals surface area (Å²) in [5.74, 6) is -3.39. The standard InChI is InChI=1S/C27H34F3N3O4S/c1-19(27(35)31-22-7-4-3-5-8-22)32(18-20-10-12-21(28)13-11-20)26(34)9-6-16-33(38(2,36)37)23-14-15-24(29)25(30)17-23/h10-15,17,19,22H,3-9,16,18H2,1-2H3,(H,31,35). The number of halogens is 3. The average molecular weight is 554 g/mol. The molecule has 0 aliphatic heterocycles. The number of hydrogen-bond donors (Lipinski definition) is 1. The first kappa shape index (κ1) is 29.5. The Kier molecular flexibility index (Phi) is 10.2.